The van der Waals surface area contributed by atoms with Crippen LogP contribution in [0.1, 0.15) is 24.8 Å². The van der Waals surface area contributed by atoms with Gasteiger partial charge in [0.15, 0.2) is 0 Å². The van der Waals surface area contributed by atoms with Gasteiger partial charge in [-0.25, -0.2) is 17.2 Å². The molecule has 1 aromatic rings. The van der Waals surface area contributed by atoms with Gasteiger partial charge in [-0.3, -0.25) is 0 Å². The summed E-state index contributed by atoms with van der Waals surface area (Å²) in [5.74, 6) is 2.42. The molecule has 1 saturated carbocycles. The van der Waals surface area contributed by atoms with Crippen molar-refractivity contribution in [3.8, 4) is 11.8 Å². The minimum absolute atomic E-state index is 0.168. The van der Waals surface area contributed by atoms with E-state index >= 15 is 0 Å². The quantitative estimate of drug-likeness (QED) is 0.860. The monoisotopic (exact) mass is 315 g/mol. The number of hydrogen-bond acceptors (Lipinski definition) is 3. The third-order valence-electron chi connectivity index (χ3n) is 3.54. The molecular weight excluding hydrogens is 300 g/mol. The van der Waals surface area contributed by atoms with Crippen molar-refractivity contribution in [2.45, 2.75) is 30.2 Å². The van der Waals surface area contributed by atoms with Gasteiger partial charge in [0.05, 0.1) is 5.56 Å². The summed E-state index contributed by atoms with van der Waals surface area (Å²) in [5.41, 5.74) is -0.285. The van der Waals surface area contributed by atoms with Crippen molar-refractivity contribution in [1.29, 1.82) is 0 Å². The van der Waals surface area contributed by atoms with Crippen LogP contribution in [0, 0.1) is 23.5 Å². The molecule has 114 valence electrons. The topological polar surface area (TPSA) is 57.6 Å². The third kappa shape index (κ3) is 3.07. The summed E-state index contributed by atoms with van der Waals surface area (Å²) in [6.45, 7) is -0.532. The molecule has 0 aliphatic heterocycles. The van der Waals surface area contributed by atoms with E-state index in [1.54, 1.807) is 0 Å². The van der Waals surface area contributed by atoms with Crippen molar-refractivity contribution in [3.63, 3.8) is 0 Å². The number of halogens is 2. The second-order valence-electron chi connectivity index (χ2n) is 4.83. The molecule has 0 radical (unpaired) electrons. The Morgan fingerprint density at radius 3 is 2.57 bits per heavy atom. The summed E-state index contributed by atoms with van der Waals surface area (Å²) in [5, 5.41) is 8.68. The average Bonchev–Trinajstić information content (AvgIpc) is 2.32. The molecule has 4 nitrogen and oxygen atoms in total. The SMILES string of the molecule is CN(C1CCC1)S(=O)(=O)c1c(F)cc(F)cc1C#CCO. The highest BCUT2D eigenvalue weighted by Crippen LogP contribution is 2.31. The van der Waals surface area contributed by atoms with E-state index in [0.29, 0.717) is 6.07 Å². The van der Waals surface area contributed by atoms with Crippen molar-refractivity contribution in [2.75, 3.05) is 13.7 Å². The van der Waals surface area contributed by atoms with E-state index in [1.165, 1.54) is 7.05 Å². The zero-order chi connectivity index (χ0) is 15.6. The van der Waals surface area contributed by atoms with Gasteiger partial charge in [0.2, 0.25) is 10.0 Å². The van der Waals surface area contributed by atoms with E-state index < -0.39 is 33.2 Å². The lowest BCUT2D eigenvalue weighted by molar-refractivity contribution is 0.249. The molecule has 0 spiro atoms. The first-order valence-corrected chi connectivity index (χ1v) is 7.88. The minimum atomic E-state index is -4.10. The number of rotatable bonds is 3. The zero-order valence-corrected chi connectivity index (χ0v) is 12.3. The number of hydrogen-bond donors (Lipinski definition) is 1. The second-order valence-corrected chi connectivity index (χ2v) is 6.76. The van der Waals surface area contributed by atoms with Gasteiger partial charge in [0.1, 0.15) is 23.1 Å². The van der Waals surface area contributed by atoms with Crippen LogP contribution in [0.3, 0.4) is 0 Å². The first kappa shape index (κ1) is 15.9. The van der Waals surface area contributed by atoms with Crippen LogP contribution in [0.25, 0.3) is 0 Å². The third-order valence-corrected chi connectivity index (χ3v) is 5.52. The molecule has 1 aliphatic rings. The summed E-state index contributed by atoms with van der Waals surface area (Å²) in [6, 6.07) is 1.21. The lowest BCUT2D eigenvalue weighted by Crippen LogP contribution is -2.41. The van der Waals surface area contributed by atoms with Crippen molar-refractivity contribution in [1.82, 2.24) is 4.31 Å². The molecular formula is C14H15F2NO3S. The van der Waals surface area contributed by atoms with E-state index in [2.05, 4.69) is 11.8 Å². The smallest absolute Gasteiger partial charge is 0.247 e. The Hall–Kier alpha value is -1.49. The summed E-state index contributed by atoms with van der Waals surface area (Å²) in [4.78, 5) is -0.640. The lowest BCUT2D eigenvalue weighted by Gasteiger charge is -2.34. The number of aliphatic hydroxyl groups excluding tert-OH is 1. The maximum absolute atomic E-state index is 14.0. The highest BCUT2D eigenvalue weighted by atomic mass is 32.2. The first-order chi connectivity index (χ1) is 9.87. The summed E-state index contributed by atoms with van der Waals surface area (Å²) in [7, 11) is -2.72. The van der Waals surface area contributed by atoms with Crippen LogP contribution in [0.5, 0.6) is 0 Å². The van der Waals surface area contributed by atoms with E-state index in [4.69, 9.17) is 5.11 Å². The fraction of sp³-hybridized carbons (Fsp3) is 0.429. The number of benzene rings is 1. The van der Waals surface area contributed by atoms with Crippen LogP contribution in [0.15, 0.2) is 17.0 Å². The highest BCUT2D eigenvalue weighted by molar-refractivity contribution is 7.89. The number of sulfonamides is 1. The molecule has 1 aromatic carbocycles. The molecule has 2 rings (SSSR count). The lowest BCUT2D eigenvalue weighted by atomic mass is 9.94. The highest BCUT2D eigenvalue weighted by Gasteiger charge is 2.35. The van der Waals surface area contributed by atoms with Crippen molar-refractivity contribution >= 4 is 10.0 Å². The molecule has 0 aromatic heterocycles. The van der Waals surface area contributed by atoms with Crippen LogP contribution in [0.2, 0.25) is 0 Å². The van der Waals surface area contributed by atoms with Crippen LogP contribution in [-0.2, 0) is 10.0 Å². The van der Waals surface area contributed by atoms with E-state index in [-0.39, 0.29) is 11.6 Å². The van der Waals surface area contributed by atoms with Gasteiger partial charge in [0, 0.05) is 19.2 Å². The predicted molar refractivity (Wildman–Crippen MR) is 72.9 cm³/mol. The molecule has 0 atom stereocenters. The normalized spacial score (nSPS) is 15.5. The maximum Gasteiger partial charge on any atom is 0.247 e. The minimum Gasteiger partial charge on any atom is -0.384 e. The van der Waals surface area contributed by atoms with Crippen LogP contribution >= 0.6 is 0 Å². The van der Waals surface area contributed by atoms with Crippen LogP contribution < -0.4 is 0 Å². The standard InChI is InChI=1S/C14H15F2NO3S/c1-17(12-5-2-6-12)21(19,20)14-10(4-3-7-18)8-11(15)9-13(14)16/h8-9,12,18H,2,5-7H2,1H3. The summed E-state index contributed by atoms with van der Waals surface area (Å²) in [6.07, 6.45) is 2.36. The van der Waals surface area contributed by atoms with E-state index in [9.17, 15) is 17.2 Å². The first-order valence-electron chi connectivity index (χ1n) is 6.44. The summed E-state index contributed by atoms with van der Waals surface area (Å²) < 4.78 is 53.4. The Bertz CT molecular complexity index is 703. The van der Waals surface area contributed by atoms with Gasteiger partial charge in [0.25, 0.3) is 0 Å². The maximum atomic E-state index is 14.0. The molecule has 1 fully saturated rings. The number of nitrogens with zero attached hydrogens (tertiary/aromatic N) is 1. The van der Waals surface area contributed by atoms with E-state index in [0.717, 1.165) is 29.6 Å². The Labute approximate surface area is 122 Å². The van der Waals surface area contributed by atoms with Gasteiger partial charge < -0.3 is 5.11 Å². The molecule has 21 heavy (non-hydrogen) atoms. The molecule has 1 N–H and O–H groups in total. The van der Waals surface area contributed by atoms with Crippen molar-refractivity contribution in [2.24, 2.45) is 0 Å². The van der Waals surface area contributed by atoms with E-state index in [1.807, 2.05) is 0 Å². The fourth-order valence-electron chi connectivity index (χ4n) is 2.14. The summed E-state index contributed by atoms with van der Waals surface area (Å²) >= 11 is 0. The zero-order valence-electron chi connectivity index (χ0n) is 11.4. The number of aliphatic hydroxyl groups is 1. The fourth-order valence-corrected chi connectivity index (χ4v) is 3.73. The Kier molecular flexibility index (Phi) is 4.61. The van der Waals surface area contributed by atoms with Gasteiger partial charge in [-0.1, -0.05) is 18.3 Å². The Morgan fingerprint density at radius 1 is 1.38 bits per heavy atom. The largest absolute Gasteiger partial charge is 0.384 e. The molecule has 0 heterocycles. The molecule has 1 aliphatic carbocycles. The molecule has 0 bridgehead atoms. The van der Waals surface area contributed by atoms with Crippen molar-refractivity contribution in [3.05, 3.63) is 29.3 Å². The molecule has 0 unspecified atom stereocenters. The van der Waals surface area contributed by atoms with Gasteiger partial charge in [-0.2, -0.15) is 4.31 Å². The van der Waals surface area contributed by atoms with Gasteiger partial charge >= 0.3 is 0 Å². The molecule has 0 saturated heterocycles. The molecule has 7 heteroatoms. The molecule has 0 amide bonds. The van der Waals surface area contributed by atoms with Gasteiger partial charge in [-0.15, -0.1) is 0 Å². The average molecular weight is 315 g/mol. The predicted octanol–water partition coefficient (Wildman–Crippen LogP) is 1.48. The van der Waals surface area contributed by atoms with Crippen molar-refractivity contribution < 1.29 is 22.3 Å². The van der Waals surface area contributed by atoms with Gasteiger partial charge in [-0.05, 0) is 18.9 Å². The Balaban J connectivity index is 2.55. The van der Waals surface area contributed by atoms with Crippen LogP contribution in [0.4, 0.5) is 8.78 Å². The van der Waals surface area contributed by atoms with Crippen LogP contribution in [-0.4, -0.2) is 37.5 Å². The second kappa shape index (κ2) is 6.10. The Morgan fingerprint density at radius 2 is 2.05 bits per heavy atom.